The van der Waals surface area contributed by atoms with Gasteiger partial charge in [0.05, 0.1) is 12.2 Å². The van der Waals surface area contributed by atoms with Gasteiger partial charge in [0.25, 0.3) is 0 Å². The smallest absolute Gasteiger partial charge is 0.128 e. The van der Waals surface area contributed by atoms with Crippen molar-refractivity contribution in [2.45, 2.75) is 6.04 Å². The van der Waals surface area contributed by atoms with Gasteiger partial charge in [-0.15, -0.1) is 0 Å². The van der Waals surface area contributed by atoms with Gasteiger partial charge in [-0.1, -0.05) is 0 Å². The van der Waals surface area contributed by atoms with Gasteiger partial charge in [0.2, 0.25) is 0 Å². The minimum absolute atomic E-state index is 0.268. The number of aromatic nitrogens is 2. The average molecular weight is 223 g/mol. The van der Waals surface area contributed by atoms with E-state index in [9.17, 15) is 8.78 Å². The molecule has 0 saturated carbocycles. The summed E-state index contributed by atoms with van der Waals surface area (Å²) in [6, 6.07) is 2.99. The van der Waals surface area contributed by atoms with Crippen molar-refractivity contribution in [1.29, 1.82) is 0 Å². The van der Waals surface area contributed by atoms with Crippen molar-refractivity contribution < 1.29 is 8.78 Å². The minimum Gasteiger partial charge on any atom is -0.309 e. The van der Waals surface area contributed by atoms with Crippen LogP contribution in [0.2, 0.25) is 0 Å². The maximum absolute atomic E-state index is 13.6. The Kier molecular flexibility index (Phi) is 2.96. The van der Waals surface area contributed by atoms with Gasteiger partial charge in [0, 0.05) is 17.3 Å². The lowest BCUT2D eigenvalue weighted by Gasteiger charge is -2.15. The number of hydrogen-bond donors (Lipinski definition) is 2. The van der Waals surface area contributed by atoms with Crippen molar-refractivity contribution in [3.05, 3.63) is 53.4 Å². The molecule has 0 aliphatic rings. The molecule has 3 nitrogen and oxygen atoms in total. The SMILES string of the molecule is CNC(c1cn[nH]c1)c1cc(F)ccc1F. The molecule has 0 fully saturated rings. The van der Waals surface area contributed by atoms with Crippen LogP contribution in [0.5, 0.6) is 0 Å². The lowest BCUT2D eigenvalue weighted by molar-refractivity contribution is 0.558. The fourth-order valence-corrected chi connectivity index (χ4v) is 1.66. The first-order valence-corrected chi connectivity index (χ1v) is 4.83. The normalized spacial score (nSPS) is 12.7. The van der Waals surface area contributed by atoms with E-state index in [-0.39, 0.29) is 5.56 Å². The van der Waals surface area contributed by atoms with Gasteiger partial charge < -0.3 is 5.32 Å². The number of benzene rings is 1. The lowest BCUT2D eigenvalue weighted by atomic mass is 10.0. The molecular formula is C11H11F2N3. The van der Waals surface area contributed by atoms with E-state index >= 15 is 0 Å². The molecule has 84 valence electrons. The van der Waals surface area contributed by atoms with Crippen molar-refractivity contribution in [3.63, 3.8) is 0 Å². The van der Waals surface area contributed by atoms with E-state index in [4.69, 9.17) is 0 Å². The Balaban J connectivity index is 2.44. The summed E-state index contributed by atoms with van der Waals surface area (Å²) in [7, 11) is 1.68. The molecule has 0 amide bonds. The van der Waals surface area contributed by atoms with Crippen molar-refractivity contribution in [2.75, 3.05) is 7.05 Å². The second-order valence-electron chi connectivity index (χ2n) is 3.42. The van der Waals surface area contributed by atoms with Crippen LogP contribution in [0.25, 0.3) is 0 Å². The van der Waals surface area contributed by atoms with E-state index in [0.29, 0.717) is 0 Å². The van der Waals surface area contributed by atoms with Gasteiger partial charge in [-0.2, -0.15) is 5.10 Å². The van der Waals surface area contributed by atoms with E-state index in [0.717, 1.165) is 17.7 Å². The Labute approximate surface area is 91.5 Å². The molecule has 2 aromatic rings. The fourth-order valence-electron chi connectivity index (χ4n) is 1.66. The van der Waals surface area contributed by atoms with Crippen molar-refractivity contribution in [1.82, 2.24) is 15.5 Å². The molecule has 2 rings (SSSR count). The number of aromatic amines is 1. The zero-order valence-corrected chi connectivity index (χ0v) is 8.67. The summed E-state index contributed by atoms with van der Waals surface area (Å²) >= 11 is 0. The Morgan fingerprint density at radius 3 is 2.81 bits per heavy atom. The van der Waals surface area contributed by atoms with E-state index in [1.54, 1.807) is 19.4 Å². The second-order valence-corrected chi connectivity index (χ2v) is 3.42. The molecular weight excluding hydrogens is 212 g/mol. The third-order valence-electron chi connectivity index (χ3n) is 2.41. The van der Waals surface area contributed by atoms with Crippen LogP contribution in [0.3, 0.4) is 0 Å². The van der Waals surface area contributed by atoms with Crippen molar-refractivity contribution in [3.8, 4) is 0 Å². The number of hydrogen-bond acceptors (Lipinski definition) is 2. The maximum atomic E-state index is 13.6. The molecule has 0 bridgehead atoms. The Hall–Kier alpha value is -1.75. The Morgan fingerprint density at radius 2 is 2.19 bits per heavy atom. The van der Waals surface area contributed by atoms with Gasteiger partial charge in [0.1, 0.15) is 11.6 Å². The highest BCUT2D eigenvalue weighted by molar-refractivity contribution is 5.30. The number of nitrogens with one attached hydrogen (secondary N) is 2. The average Bonchev–Trinajstić information content (AvgIpc) is 2.78. The molecule has 0 radical (unpaired) electrons. The van der Waals surface area contributed by atoms with E-state index in [1.807, 2.05) is 0 Å². The summed E-state index contributed by atoms with van der Waals surface area (Å²) in [6.45, 7) is 0. The maximum Gasteiger partial charge on any atom is 0.128 e. The fraction of sp³-hybridized carbons (Fsp3) is 0.182. The van der Waals surface area contributed by atoms with Crippen LogP contribution in [0.15, 0.2) is 30.6 Å². The second kappa shape index (κ2) is 4.40. The molecule has 5 heteroatoms. The van der Waals surface area contributed by atoms with Gasteiger partial charge in [-0.05, 0) is 25.2 Å². The lowest BCUT2D eigenvalue weighted by Crippen LogP contribution is -2.18. The topological polar surface area (TPSA) is 40.7 Å². The van der Waals surface area contributed by atoms with E-state index < -0.39 is 17.7 Å². The Bertz CT molecular complexity index is 468. The van der Waals surface area contributed by atoms with Crippen LogP contribution in [-0.4, -0.2) is 17.2 Å². The predicted molar refractivity (Wildman–Crippen MR) is 55.8 cm³/mol. The van der Waals surface area contributed by atoms with Crippen molar-refractivity contribution in [2.24, 2.45) is 0 Å². The van der Waals surface area contributed by atoms with Gasteiger partial charge in [-0.25, -0.2) is 8.78 Å². The monoisotopic (exact) mass is 223 g/mol. The highest BCUT2D eigenvalue weighted by Crippen LogP contribution is 2.23. The van der Waals surface area contributed by atoms with Crippen LogP contribution >= 0.6 is 0 Å². The molecule has 0 saturated heterocycles. The largest absolute Gasteiger partial charge is 0.309 e. The van der Waals surface area contributed by atoms with Gasteiger partial charge in [0.15, 0.2) is 0 Å². The first kappa shape index (κ1) is 10.8. The van der Waals surface area contributed by atoms with Crippen molar-refractivity contribution >= 4 is 0 Å². The zero-order valence-electron chi connectivity index (χ0n) is 8.67. The molecule has 1 unspecified atom stereocenters. The summed E-state index contributed by atoms with van der Waals surface area (Å²) in [6.07, 6.45) is 3.22. The quantitative estimate of drug-likeness (QED) is 0.835. The molecule has 1 heterocycles. The first-order valence-electron chi connectivity index (χ1n) is 4.83. The van der Waals surface area contributed by atoms with Gasteiger partial charge in [-0.3, -0.25) is 5.10 Å². The molecule has 0 spiro atoms. The van der Waals surface area contributed by atoms with Crippen LogP contribution < -0.4 is 5.32 Å². The summed E-state index contributed by atoms with van der Waals surface area (Å²) in [4.78, 5) is 0. The van der Waals surface area contributed by atoms with Crippen LogP contribution in [0.4, 0.5) is 8.78 Å². The molecule has 16 heavy (non-hydrogen) atoms. The Morgan fingerprint density at radius 1 is 1.38 bits per heavy atom. The van der Waals surface area contributed by atoms with Crippen LogP contribution in [0, 0.1) is 11.6 Å². The molecule has 2 N–H and O–H groups in total. The summed E-state index contributed by atoms with van der Waals surface area (Å²) in [5, 5.41) is 9.35. The highest BCUT2D eigenvalue weighted by atomic mass is 19.1. The number of rotatable bonds is 3. The number of H-pyrrole nitrogens is 1. The summed E-state index contributed by atoms with van der Waals surface area (Å²) in [5.41, 5.74) is 1.02. The van der Waals surface area contributed by atoms with Crippen LogP contribution in [0.1, 0.15) is 17.2 Å². The zero-order chi connectivity index (χ0) is 11.5. The molecule has 1 aromatic carbocycles. The number of halogens is 2. The molecule has 1 atom stereocenters. The molecule has 0 aliphatic carbocycles. The molecule has 0 aliphatic heterocycles. The van der Waals surface area contributed by atoms with Gasteiger partial charge >= 0.3 is 0 Å². The summed E-state index contributed by atoms with van der Waals surface area (Å²) < 4.78 is 26.6. The van der Waals surface area contributed by atoms with E-state index in [1.165, 1.54) is 6.07 Å². The minimum atomic E-state index is -0.458. The van der Waals surface area contributed by atoms with E-state index in [2.05, 4.69) is 15.5 Å². The summed E-state index contributed by atoms with van der Waals surface area (Å²) in [5.74, 6) is -0.901. The standard InChI is InChI=1S/C11H11F2N3/c1-14-11(7-5-15-16-6-7)9-4-8(12)2-3-10(9)13/h2-6,11,14H,1H3,(H,15,16). The first-order chi connectivity index (χ1) is 7.72. The number of nitrogens with zero attached hydrogens (tertiary/aromatic N) is 1. The predicted octanol–water partition coefficient (Wildman–Crippen LogP) is 2.00. The third-order valence-corrected chi connectivity index (χ3v) is 2.41. The molecule has 1 aromatic heterocycles. The van der Waals surface area contributed by atoms with Crippen LogP contribution in [-0.2, 0) is 0 Å². The third kappa shape index (κ3) is 1.94. The highest BCUT2D eigenvalue weighted by Gasteiger charge is 2.17.